The second-order valence-electron chi connectivity index (χ2n) is 7.72. The molecule has 0 spiro atoms. The SMILES string of the molecule is COc1cc(-c2c(C3OC(OC)C(C)C3C)cc3c(c2OC)OCO3)cc(OC)c1O. The van der Waals surface area contributed by atoms with Crippen molar-refractivity contribution in [1.29, 1.82) is 0 Å². The molecule has 8 heteroatoms. The molecule has 0 aromatic heterocycles. The Bertz CT molecular complexity index is 948. The summed E-state index contributed by atoms with van der Waals surface area (Å²) in [4.78, 5) is 0. The van der Waals surface area contributed by atoms with Crippen molar-refractivity contribution >= 4 is 0 Å². The van der Waals surface area contributed by atoms with Gasteiger partial charge in [0.2, 0.25) is 18.3 Å². The highest BCUT2D eigenvalue weighted by Crippen LogP contribution is 2.55. The van der Waals surface area contributed by atoms with E-state index in [1.54, 1.807) is 26.4 Å². The van der Waals surface area contributed by atoms with E-state index in [-0.39, 0.29) is 48.3 Å². The van der Waals surface area contributed by atoms with Gasteiger partial charge in [0.15, 0.2) is 29.3 Å². The van der Waals surface area contributed by atoms with Crippen LogP contribution in [0.1, 0.15) is 25.5 Å². The van der Waals surface area contributed by atoms with E-state index in [1.807, 2.05) is 6.07 Å². The Labute approximate surface area is 181 Å². The van der Waals surface area contributed by atoms with Gasteiger partial charge in [0.05, 0.1) is 27.4 Å². The van der Waals surface area contributed by atoms with Crippen molar-refractivity contribution in [3.05, 3.63) is 23.8 Å². The molecule has 2 aromatic carbocycles. The third kappa shape index (κ3) is 3.40. The average Bonchev–Trinajstić information content (AvgIpc) is 3.37. The highest BCUT2D eigenvalue weighted by Gasteiger charge is 2.43. The van der Waals surface area contributed by atoms with Crippen molar-refractivity contribution in [2.24, 2.45) is 11.8 Å². The number of methoxy groups -OCH3 is 4. The predicted molar refractivity (Wildman–Crippen MR) is 112 cm³/mol. The van der Waals surface area contributed by atoms with Crippen LogP contribution in [0.25, 0.3) is 11.1 Å². The van der Waals surface area contributed by atoms with E-state index in [0.717, 1.165) is 16.7 Å². The second kappa shape index (κ2) is 8.36. The van der Waals surface area contributed by atoms with Gasteiger partial charge in [-0.15, -0.1) is 0 Å². The summed E-state index contributed by atoms with van der Waals surface area (Å²) in [5.41, 5.74) is 2.35. The number of phenolic OH excluding ortho intramolecular Hbond substituents is 1. The third-order valence-electron chi connectivity index (χ3n) is 6.18. The number of rotatable bonds is 6. The van der Waals surface area contributed by atoms with Crippen molar-refractivity contribution in [3.8, 4) is 45.6 Å². The van der Waals surface area contributed by atoms with E-state index in [0.29, 0.717) is 17.2 Å². The minimum Gasteiger partial charge on any atom is -0.502 e. The van der Waals surface area contributed by atoms with Crippen molar-refractivity contribution in [3.63, 3.8) is 0 Å². The molecule has 0 aliphatic carbocycles. The maximum absolute atomic E-state index is 10.4. The average molecular weight is 432 g/mol. The molecule has 2 heterocycles. The van der Waals surface area contributed by atoms with Gasteiger partial charge in [-0.25, -0.2) is 0 Å². The third-order valence-corrected chi connectivity index (χ3v) is 6.18. The molecule has 31 heavy (non-hydrogen) atoms. The first kappa shape index (κ1) is 21.4. The molecule has 0 radical (unpaired) electrons. The van der Waals surface area contributed by atoms with Gasteiger partial charge in [0, 0.05) is 18.6 Å². The van der Waals surface area contributed by atoms with Crippen molar-refractivity contribution in [2.45, 2.75) is 26.2 Å². The van der Waals surface area contributed by atoms with Gasteiger partial charge in [-0.1, -0.05) is 13.8 Å². The smallest absolute Gasteiger partial charge is 0.231 e. The maximum Gasteiger partial charge on any atom is 0.231 e. The zero-order valence-corrected chi connectivity index (χ0v) is 18.6. The van der Waals surface area contributed by atoms with Crippen LogP contribution in [0.15, 0.2) is 18.2 Å². The molecule has 1 saturated heterocycles. The monoisotopic (exact) mass is 432 g/mol. The first-order chi connectivity index (χ1) is 14.9. The Hall–Kier alpha value is -2.84. The van der Waals surface area contributed by atoms with E-state index in [9.17, 15) is 5.11 Å². The summed E-state index contributed by atoms with van der Waals surface area (Å²) in [5.74, 6) is 2.47. The normalized spacial score (nSPS) is 24.3. The zero-order chi connectivity index (χ0) is 22.3. The van der Waals surface area contributed by atoms with E-state index >= 15 is 0 Å². The summed E-state index contributed by atoms with van der Waals surface area (Å²) in [6.07, 6.45) is -0.600. The molecular weight excluding hydrogens is 404 g/mol. The number of hydrogen-bond donors (Lipinski definition) is 1. The summed E-state index contributed by atoms with van der Waals surface area (Å²) in [5, 5.41) is 10.4. The van der Waals surface area contributed by atoms with Crippen LogP contribution in [0.4, 0.5) is 0 Å². The highest BCUT2D eigenvalue weighted by atomic mass is 16.7. The molecule has 4 atom stereocenters. The number of benzene rings is 2. The molecule has 2 aliphatic rings. The minimum atomic E-state index is -0.326. The van der Waals surface area contributed by atoms with Crippen LogP contribution in [0, 0.1) is 11.8 Å². The Morgan fingerprint density at radius 3 is 2.13 bits per heavy atom. The van der Waals surface area contributed by atoms with Crippen LogP contribution < -0.4 is 23.7 Å². The van der Waals surface area contributed by atoms with E-state index in [4.69, 9.17) is 33.2 Å². The van der Waals surface area contributed by atoms with Gasteiger partial charge >= 0.3 is 0 Å². The van der Waals surface area contributed by atoms with Crippen molar-refractivity contribution < 1.29 is 38.3 Å². The van der Waals surface area contributed by atoms with Crippen molar-refractivity contribution in [1.82, 2.24) is 0 Å². The molecule has 2 aromatic rings. The topological polar surface area (TPSA) is 84.8 Å². The fourth-order valence-corrected chi connectivity index (χ4v) is 4.33. The molecule has 1 N–H and O–H groups in total. The van der Waals surface area contributed by atoms with Gasteiger partial charge in [-0.05, 0) is 35.2 Å². The summed E-state index contributed by atoms with van der Waals surface area (Å²) in [6, 6.07) is 5.40. The van der Waals surface area contributed by atoms with E-state index in [1.165, 1.54) is 14.2 Å². The first-order valence-electron chi connectivity index (χ1n) is 10.1. The van der Waals surface area contributed by atoms with Gasteiger partial charge in [0.25, 0.3) is 0 Å². The van der Waals surface area contributed by atoms with E-state index < -0.39 is 0 Å². The number of fused-ring (bicyclic) bond motifs is 1. The van der Waals surface area contributed by atoms with Crippen LogP contribution >= 0.6 is 0 Å². The molecule has 0 bridgehead atoms. The lowest BCUT2D eigenvalue weighted by molar-refractivity contribution is -0.130. The zero-order valence-electron chi connectivity index (χ0n) is 18.6. The maximum atomic E-state index is 10.4. The van der Waals surface area contributed by atoms with Crippen molar-refractivity contribution in [2.75, 3.05) is 35.2 Å². The molecule has 4 unspecified atom stereocenters. The van der Waals surface area contributed by atoms with Crippen LogP contribution in [0.5, 0.6) is 34.5 Å². The lowest BCUT2D eigenvalue weighted by atomic mass is 9.85. The lowest BCUT2D eigenvalue weighted by Gasteiger charge is -2.23. The number of hydrogen-bond acceptors (Lipinski definition) is 8. The lowest BCUT2D eigenvalue weighted by Crippen LogP contribution is -2.17. The summed E-state index contributed by atoms with van der Waals surface area (Å²) in [7, 11) is 6.21. The van der Waals surface area contributed by atoms with Gasteiger partial charge < -0.3 is 38.3 Å². The summed E-state index contributed by atoms with van der Waals surface area (Å²) < 4.78 is 39.8. The van der Waals surface area contributed by atoms with Crippen LogP contribution in [-0.4, -0.2) is 46.6 Å². The Morgan fingerprint density at radius 1 is 0.903 bits per heavy atom. The molecule has 168 valence electrons. The Kier molecular flexibility index (Phi) is 5.77. The van der Waals surface area contributed by atoms with Crippen LogP contribution in [-0.2, 0) is 9.47 Å². The van der Waals surface area contributed by atoms with Gasteiger partial charge in [-0.3, -0.25) is 0 Å². The number of aromatic hydroxyl groups is 1. The second-order valence-corrected chi connectivity index (χ2v) is 7.72. The quantitative estimate of drug-likeness (QED) is 0.729. The predicted octanol–water partition coefficient (Wildman–Crippen LogP) is 4.13. The van der Waals surface area contributed by atoms with Gasteiger partial charge in [-0.2, -0.15) is 0 Å². The Balaban J connectivity index is 1.98. The van der Waals surface area contributed by atoms with Gasteiger partial charge in [0.1, 0.15) is 0 Å². The molecule has 4 rings (SSSR count). The molecule has 8 nitrogen and oxygen atoms in total. The van der Waals surface area contributed by atoms with Crippen LogP contribution in [0.3, 0.4) is 0 Å². The largest absolute Gasteiger partial charge is 0.502 e. The number of phenols is 1. The fourth-order valence-electron chi connectivity index (χ4n) is 4.33. The Morgan fingerprint density at radius 2 is 1.58 bits per heavy atom. The summed E-state index contributed by atoms with van der Waals surface area (Å²) in [6.45, 7) is 4.34. The molecule has 2 aliphatic heterocycles. The van der Waals surface area contributed by atoms with Crippen LogP contribution in [0.2, 0.25) is 0 Å². The first-order valence-corrected chi connectivity index (χ1v) is 10.1. The molecule has 1 fully saturated rings. The highest BCUT2D eigenvalue weighted by molar-refractivity contribution is 5.83. The number of ether oxygens (including phenoxy) is 7. The standard InChI is InChI=1S/C23H28O8/c1-11-12(2)23(28-6)31-20(11)14-9-17-21(30-10-29-17)22(27-5)18(14)13-7-15(25-3)19(24)16(8-13)26-4/h7-9,11-12,20,23-24H,10H2,1-6H3. The molecule has 0 amide bonds. The fraction of sp³-hybridized carbons (Fsp3) is 0.478. The van der Waals surface area contributed by atoms with E-state index in [2.05, 4.69) is 13.8 Å². The summed E-state index contributed by atoms with van der Waals surface area (Å²) >= 11 is 0. The molecule has 0 saturated carbocycles. The minimum absolute atomic E-state index is 0.0754. The molecular formula is C23H28O8.